The van der Waals surface area contributed by atoms with Crippen LogP contribution in [0.15, 0.2) is 60.1 Å². The molecule has 0 aromatic heterocycles. The molecule has 1 unspecified atom stereocenters. The lowest BCUT2D eigenvalue weighted by atomic mass is 10.0. The molecule has 2 aliphatic heterocycles. The fourth-order valence-corrected chi connectivity index (χ4v) is 3.15. The van der Waals surface area contributed by atoms with E-state index in [0.29, 0.717) is 22.8 Å². The van der Waals surface area contributed by atoms with E-state index in [-0.39, 0.29) is 11.2 Å². The second-order valence-corrected chi connectivity index (χ2v) is 5.77. The second-order valence-electron chi connectivity index (χ2n) is 5.33. The molecule has 4 rings (SSSR count). The number of fused-ring (bicyclic) bond motifs is 3. The molecule has 0 aliphatic carbocycles. The largest absolute Gasteiger partial charge is 0.581 e. The maximum atomic E-state index is 12.8. The third-order valence-corrected chi connectivity index (χ3v) is 4.32. The number of rotatable bonds is 1. The van der Waals surface area contributed by atoms with Gasteiger partial charge in [-0.15, -0.1) is 5.01 Å². The van der Waals surface area contributed by atoms with Gasteiger partial charge in [-0.1, -0.05) is 29.8 Å². The molecular formula is C16H14ClN3O2. The van der Waals surface area contributed by atoms with Gasteiger partial charge in [-0.2, -0.15) is 10.3 Å². The second kappa shape index (κ2) is 4.91. The highest BCUT2D eigenvalue weighted by Crippen LogP contribution is 2.35. The molecule has 0 saturated heterocycles. The zero-order valence-electron chi connectivity index (χ0n) is 11.7. The van der Waals surface area contributed by atoms with Crippen LogP contribution in [0, 0.1) is 5.21 Å². The summed E-state index contributed by atoms with van der Waals surface area (Å²) in [6.07, 6.45) is 1.45. The molecule has 0 saturated carbocycles. The minimum absolute atomic E-state index is 0.00169. The van der Waals surface area contributed by atoms with Gasteiger partial charge >= 0.3 is 0 Å². The van der Waals surface area contributed by atoms with Gasteiger partial charge in [0.25, 0.3) is 5.88 Å². The maximum absolute atomic E-state index is 12.8. The molecule has 2 N–H and O–H groups in total. The third kappa shape index (κ3) is 1.87. The SMILES string of the molecule is [O-][NH+]1N(c2ccc(Cl)cc2)C(O)=C2CCc3ccccc3N21. The average Bonchev–Trinajstić information content (AvgIpc) is 2.80. The van der Waals surface area contributed by atoms with Crippen molar-refractivity contribution in [2.75, 3.05) is 10.0 Å². The van der Waals surface area contributed by atoms with Crippen LogP contribution in [0.3, 0.4) is 0 Å². The molecule has 0 bridgehead atoms. The van der Waals surface area contributed by atoms with Crippen LogP contribution in [-0.4, -0.2) is 5.11 Å². The number of hydrogen-bond acceptors (Lipinski definition) is 4. The number of hydrogen-bond donors (Lipinski definition) is 2. The Morgan fingerprint density at radius 2 is 1.73 bits per heavy atom. The van der Waals surface area contributed by atoms with Gasteiger partial charge < -0.3 is 10.3 Å². The summed E-state index contributed by atoms with van der Waals surface area (Å²) < 4.78 is 0. The molecule has 2 heterocycles. The molecule has 0 spiro atoms. The van der Waals surface area contributed by atoms with Crippen LogP contribution in [0.1, 0.15) is 12.0 Å². The summed E-state index contributed by atoms with van der Waals surface area (Å²) in [5.74, 6) is 0.00169. The van der Waals surface area contributed by atoms with Gasteiger partial charge in [0.1, 0.15) is 17.1 Å². The summed E-state index contributed by atoms with van der Waals surface area (Å²) in [7, 11) is 0. The van der Waals surface area contributed by atoms with Crippen molar-refractivity contribution in [1.29, 1.82) is 0 Å². The molecule has 1 atom stereocenters. The van der Waals surface area contributed by atoms with Crippen molar-refractivity contribution in [3.8, 4) is 0 Å². The molecule has 2 aliphatic rings. The molecule has 22 heavy (non-hydrogen) atoms. The number of nitrogens with zero attached hydrogens (tertiary/aromatic N) is 2. The highest BCUT2D eigenvalue weighted by atomic mass is 35.5. The first-order valence-electron chi connectivity index (χ1n) is 7.06. The van der Waals surface area contributed by atoms with E-state index in [9.17, 15) is 10.3 Å². The normalized spacial score (nSPS) is 20.2. The lowest BCUT2D eigenvalue weighted by Crippen LogP contribution is -3.19. The smallest absolute Gasteiger partial charge is 0.267 e. The Bertz CT molecular complexity index is 760. The summed E-state index contributed by atoms with van der Waals surface area (Å²) in [6, 6.07) is 14.6. The van der Waals surface area contributed by atoms with Crippen molar-refractivity contribution in [3.05, 3.63) is 75.9 Å². The van der Waals surface area contributed by atoms with E-state index in [2.05, 4.69) is 0 Å². The fraction of sp³-hybridized carbons (Fsp3) is 0.125. The molecule has 2 aromatic rings. The molecule has 0 fully saturated rings. The third-order valence-electron chi connectivity index (χ3n) is 4.07. The van der Waals surface area contributed by atoms with Crippen molar-refractivity contribution in [2.24, 2.45) is 0 Å². The zero-order valence-corrected chi connectivity index (χ0v) is 12.4. The molecule has 6 heteroatoms. The lowest BCUT2D eigenvalue weighted by Gasteiger charge is -2.36. The van der Waals surface area contributed by atoms with Gasteiger partial charge in [0.05, 0.1) is 0 Å². The van der Waals surface area contributed by atoms with Gasteiger partial charge in [-0.25, -0.2) is 0 Å². The van der Waals surface area contributed by atoms with Gasteiger partial charge in [0.15, 0.2) is 0 Å². The van der Waals surface area contributed by atoms with Crippen molar-refractivity contribution < 1.29 is 10.4 Å². The first kappa shape index (κ1) is 13.5. The van der Waals surface area contributed by atoms with Gasteiger partial charge in [0, 0.05) is 11.4 Å². The predicted octanol–water partition coefficient (Wildman–Crippen LogP) is 2.55. The lowest BCUT2D eigenvalue weighted by molar-refractivity contribution is -0.854. The van der Waals surface area contributed by atoms with Crippen LogP contribution in [0.4, 0.5) is 11.4 Å². The minimum Gasteiger partial charge on any atom is -0.581 e. The summed E-state index contributed by atoms with van der Waals surface area (Å²) in [5.41, 5.74) is 3.21. The Kier molecular flexibility index (Phi) is 3.00. The summed E-state index contributed by atoms with van der Waals surface area (Å²) in [4.78, 5) is 0. The van der Waals surface area contributed by atoms with E-state index in [4.69, 9.17) is 11.6 Å². The Balaban J connectivity index is 1.80. The molecular weight excluding hydrogens is 302 g/mol. The van der Waals surface area contributed by atoms with E-state index >= 15 is 0 Å². The fourth-order valence-electron chi connectivity index (χ4n) is 3.02. The number of quaternary nitrogens is 1. The number of aryl methyl sites for hydroxylation is 1. The van der Waals surface area contributed by atoms with Gasteiger partial charge in [-0.05, 0) is 42.3 Å². The van der Waals surface area contributed by atoms with Gasteiger partial charge in [-0.3, -0.25) is 0 Å². The topological polar surface area (TPSA) is 54.2 Å². The number of para-hydroxylation sites is 1. The van der Waals surface area contributed by atoms with E-state index in [1.165, 1.54) is 5.01 Å². The quantitative estimate of drug-likeness (QED) is 0.794. The van der Waals surface area contributed by atoms with E-state index in [1.807, 2.05) is 24.3 Å². The Morgan fingerprint density at radius 1 is 1.00 bits per heavy atom. The average molecular weight is 316 g/mol. The van der Waals surface area contributed by atoms with Crippen molar-refractivity contribution >= 4 is 23.0 Å². The number of aliphatic hydroxyl groups is 1. The number of halogens is 1. The van der Waals surface area contributed by atoms with Crippen molar-refractivity contribution in [1.82, 2.24) is 0 Å². The minimum atomic E-state index is -0.262. The van der Waals surface area contributed by atoms with Crippen LogP contribution >= 0.6 is 11.6 Å². The molecule has 0 radical (unpaired) electrons. The maximum Gasteiger partial charge on any atom is 0.267 e. The number of aliphatic hydroxyl groups excluding tert-OH is 1. The van der Waals surface area contributed by atoms with E-state index in [1.54, 1.807) is 29.3 Å². The Morgan fingerprint density at radius 3 is 2.50 bits per heavy atom. The van der Waals surface area contributed by atoms with Crippen LogP contribution in [0.5, 0.6) is 0 Å². The molecule has 5 nitrogen and oxygen atoms in total. The summed E-state index contributed by atoms with van der Waals surface area (Å²) in [5, 5.41) is 26.6. The first-order chi connectivity index (χ1) is 10.7. The predicted molar refractivity (Wildman–Crippen MR) is 85.2 cm³/mol. The summed E-state index contributed by atoms with van der Waals surface area (Å²) in [6.45, 7) is 0. The number of anilines is 2. The van der Waals surface area contributed by atoms with Crippen LogP contribution < -0.4 is 15.3 Å². The molecule has 0 amide bonds. The van der Waals surface area contributed by atoms with E-state index in [0.717, 1.165) is 17.7 Å². The van der Waals surface area contributed by atoms with Gasteiger partial charge in [0.2, 0.25) is 0 Å². The zero-order chi connectivity index (χ0) is 15.3. The highest BCUT2D eigenvalue weighted by molar-refractivity contribution is 6.30. The molecule has 2 aromatic carbocycles. The Labute approximate surface area is 132 Å². The molecule has 112 valence electrons. The number of nitrogens with one attached hydrogen (secondary N) is 1. The number of allylic oxidation sites excluding steroid dienone is 1. The highest BCUT2D eigenvalue weighted by Gasteiger charge is 2.41. The van der Waals surface area contributed by atoms with Crippen molar-refractivity contribution in [3.63, 3.8) is 0 Å². The number of benzene rings is 2. The monoisotopic (exact) mass is 315 g/mol. The summed E-state index contributed by atoms with van der Waals surface area (Å²) >= 11 is 5.89. The first-order valence-corrected chi connectivity index (χ1v) is 7.44. The van der Waals surface area contributed by atoms with Crippen LogP contribution in [0.2, 0.25) is 5.02 Å². The van der Waals surface area contributed by atoms with Crippen LogP contribution in [0.25, 0.3) is 0 Å². The van der Waals surface area contributed by atoms with E-state index < -0.39 is 0 Å². The van der Waals surface area contributed by atoms with Crippen LogP contribution in [-0.2, 0) is 6.42 Å². The Hall–Kier alpha value is -2.21. The van der Waals surface area contributed by atoms with Crippen molar-refractivity contribution in [2.45, 2.75) is 12.8 Å². The standard InChI is InChI=1S/C16H14ClN3O2/c17-12-6-8-13(9-7-12)18-16(21)15-10-5-11-3-1-2-4-14(11)19(15)20(18)22/h1-4,6-9,20-21H,5,10H2.